The van der Waals surface area contributed by atoms with Crippen molar-refractivity contribution in [1.29, 1.82) is 0 Å². The van der Waals surface area contributed by atoms with Gasteiger partial charge in [0, 0.05) is 25.9 Å². The number of aromatic nitrogens is 5. The Hall–Kier alpha value is -2.96. The molecular weight excluding hydrogens is 292 g/mol. The number of aryl methyl sites for hydroxylation is 2. The molecule has 0 aliphatic heterocycles. The maximum Gasteiger partial charge on any atom is 0.222 e. The standard InChI is InChI=1S/C16H18N6O/c1-21-10-8-18-16(21)15(13-5-3-2-4-6-13)20-14(23)7-9-22-12-17-11-19-22/h2-6,8,10-12,15H,7,9H2,1H3,(H,20,23)/t15-/m1/s1. The Morgan fingerprint density at radius 1 is 1.30 bits per heavy atom. The average molecular weight is 310 g/mol. The van der Waals surface area contributed by atoms with Gasteiger partial charge in [0.2, 0.25) is 5.91 Å². The Balaban J connectivity index is 1.74. The van der Waals surface area contributed by atoms with Crippen molar-refractivity contribution >= 4 is 5.91 Å². The molecule has 0 aliphatic carbocycles. The third kappa shape index (κ3) is 3.63. The highest BCUT2D eigenvalue weighted by Gasteiger charge is 2.20. The second kappa shape index (κ2) is 6.87. The minimum absolute atomic E-state index is 0.0580. The van der Waals surface area contributed by atoms with Gasteiger partial charge in [0.05, 0.1) is 6.54 Å². The van der Waals surface area contributed by atoms with Gasteiger partial charge in [0.25, 0.3) is 0 Å². The Bertz CT molecular complexity index is 750. The highest BCUT2D eigenvalue weighted by molar-refractivity contribution is 5.76. The Morgan fingerprint density at radius 2 is 2.13 bits per heavy atom. The van der Waals surface area contributed by atoms with Crippen LogP contribution in [-0.2, 0) is 18.4 Å². The van der Waals surface area contributed by atoms with Crippen molar-refractivity contribution in [2.24, 2.45) is 7.05 Å². The van der Waals surface area contributed by atoms with E-state index in [1.807, 2.05) is 48.1 Å². The van der Waals surface area contributed by atoms with Gasteiger partial charge in [-0.2, -0.15) is 5.10 Å². The minimum atomic E-state index is -0.278. The molecule has 1 aromatic carbocycles. The average Bonchev–Trinajstić information content (AvgIpc) is 3.23. The van der Waals surface area contributed by atoms with Gasteiger partial charge in [0.15, 0.2) is 0 Å². The van der Waals surface area contributed by atoms with Crippen molar-refractivity contribution in [2.45, 2.75) is 19.0 Å². The van der Waals surface area contributed by atoms with Gasteiger partial charge < -0.3 is 9.88 Å². The van der Waals surface area contributed by atoms with Gasteiger partial charge in [0.1, 0.15) is 24.5 Å². The number of nitrogens with zero attached hydrogens (tertiary/aromatic N) is 5. The number of imidazole rings is 1. The van der Waals surface area contributed by atoms with Crippen LogP contribution in [0.1, 0.15) is 23.9 Å². The van der Waals surface area contributed by atoms with Crippen LogP contribution in [0, 0.1) is 0 Å². The summed E-state index contributed by atoms with van der Waals surface area (Å²) in [6.07, 6.45) is 6.98. The van der Waals surface area contributed by atoms with E-state index in [1.54, 1.807) is 17.2 Å². The predicted octanol–water partition coefficient (Wildman–Crippen LogP) is 1.31. The molecule has 3 aromatic rings. The Labute approximate surface area is 134 Å². The number of rotatable bonds is 6. The molecule has 23 heavy (non-hydrogen) atoms. The molecule has 0 saturated heterocycles. The molecule has 0 bridgehead atoms. The molecule has 1 amide bonds. The molecule has 3 rings (SSSR count). The smallest absolute Gasteiger partial charge is 0.222 e. The maximum atomic E-state index is 12.3. The number of benzene rings is 1. The lowest BCUT2D eigenvalue weighted by molar-refractivity contribution is -0.121. The highest BCUT2D eigenvalue weighted by atomic mass is 16.1. The van der Waals surface area contributed by atoms with Crippen molar-refractivity contribution in [3.63, 3.8) is 0 Å². The lowest BCUT2D eigenvalue weighted by Gasteiger charge is -2.19. The summed E-state index contributed by atoms with van der Waals surface area (Å²) in [7, 11) is 1.92. The molecule has 2 heterocycles. The molecule has 0 unspecified atom stereocenters. The van der Waals surface area contributed by atoms with Crippen molar-refractivity contribution in [3.05, 3.63) is 66.8 Å². The molecule has 1 atom stereocenters. The molecule has 7 nitrogen and oxygen atoms in total. The second-order valence-electron chi connectivity index (χ2n) is 5.22. The summed E-state index contributed by atoms with van der Waals surface area (Å²) in [5.74, 6) is 0.739. The van der Waals surface area contributed by atoms with Gasteiger partial charge in [-0.1, -0.05) is 30.3 Å². The summed E-state index contributed by atoms with van der Waals surface area (Å²) in [5.41, 5.74) is 0.996. The molecule has 0 radical (unpaired) electrons. The fraction of sp³-hybridized carbons (Fsp3) is 0.250. The number of carbonyl (C=O) groups excluding carboxylic acids is 1. The molecule has 7 heteroatoms. The second-order valence-corrected chi connectivity index (χ2v) is 5.22. The summed E-state index contributed by atoms with van der Waals surface area (Å²) < 4.78 is 3.55. The third-order valence-corrected chi connectivity index (χ3v) is 3.59. The van der Waals surface area contributed by atoms with Crippen LogP contribution in [0.4, 0.5) is 0 Å². The van der Waals surface area contributed by atoms with Crippen molar-refractivity contribution in [2.75, 3.05) is 0 Å². The van der Waals surface area contributed by atoms with Crippen molar-refractivity contribution in [1.82, 2.24) is 29.6 Å². The zero-order valence-electron chi connectivity index (χ0n) is 12.8. The zero-order valence-corrected chi connectivity index (χ0v) is 12.8. The molecular formula is C16H18N6O. The Morgan fingerprint density at radius 3 is 2.78 bits per heavy atom. The van der Waals surface area contributed by atoms with Crippen LogP contribution in [0.25, 0.3) is 0 Å². The SMILES string of the molecule is Cn1ccnc1[C@H](NC(=O)CCn1cncn1)c1ccccc1. The van der Waals surface area contributed by atoms with Crippen LogP contribution in [-0.4, -0.2) is 30.2 Å². The van der Waals surface area contributed by atoms with Gasteiger partial charge >= 0.3 is 0 Å². The fourth-order valence-corrected chi connectivity index (χ4v) is 2.40. The van der Waals surface area contributed by atoms with Crippen LogP contribution in [0.5, 0.6) is 0 Å². The number of nitrogens with one attached hydrogen (secondary N) is 1. The molecule has 0 aliphatic rings. The van der Waals surface area contributed by atoms with Crippen molar-refractivity contribution < 1.29 is 4.79 Å². The largest absolute Gasteiger partial charge is 0.342 e. The van der Waals surface area contributed by atoms with E-state index in [2.05, 4.69) is 20.4 Å². The quantitative estimate of drug-likeness (QED) is 0.744. The third-order valence-electron chi connectivity index (χ3n) is 3.59. The number of carbonyl (C=O) groups is 1. The predicted molar refractivity (Wildman–Crippen MR) is 84.3 cm³/mol. The summed E-state index contributed by atoms with van der Waals surface area (Å²) in [6.45, 7) is 0.494. The first kappa shape index (κ1) is 15.0. The summed E-state index contributed by atoms with van der Waals surface area (Å²) >= 11 is 0. The first-order chi connectivity index (χ1) is 11.2. The van der Waals surface area contributed by atoms with E-state index in [-0.39, 0.29) is 11.9 Å². The van der Waals surface area contributed by atoms with E-state index >= 15 is 0 Å². The van der Waals surface area contributed by atoms with Crippen LogP contribution in [0.2, 0.25) is 0 Å². The van der Waals surface area contributed by atoms with Gasteiger partial charge in [-0.3, -0.25) is 9.48 Å². The number of amides is 1. The van der Waals surface area contributed by atoms with Gasteiger partial charge in [-0.05, 0) is 5.56 Å². The molecule has 0 saturated carbocycles. The molecule has 0 fully saturated rings. The lowest BCUT2D eigenvalue weighted by Crippen LogP contribution is -2.31. The van der Waals surface area contributed by atoms with Crippen LogP contribution in [0.15, 0.2) is 55.4 Å². The van der Waals surface area contributed by atoms with Gasteiger partial charge in [-0.15, -0.1) is 0 Å². The van der Waals surface area contributed by atoms with E-state index in [9.17, 15) is 4.79 Å². The van der Waals surface area contributed by atoms with Crippen LogP contribution in [0.3, 0.4) is 0 Å². The normalized spacial score (nSPS) is 12.0. The van der Waals surface area contributed by atoms with Crippen LogP contribution < -0.4 is 5.32 Å². The minimum Gasteiger partial charge on any atom is -0.342 e. The monoisotopic (exact) mass is 310 g/mol. The number of hydrogen-bond acceptors (Lipinski definition) is 4. The van der Waals surface area contributed by atoms with E-state index in [0.29, 0.717) is 13.0 Å². The Kier molecular flexibility index (Phi) is 4.46. The number of hydrogen-bond donors (Lipinski definition) is 1. The summed E-state index contributed by atoms with van der Waals surface area (Å²) in [6, 6.07) is 9.54. The highest BCUT2D eigenvalue weighted by Crippen LogP contribution is 2.20. The van der Waals surface area contributed by atoms with Gasteiger partial charge in [-0.25, -0.2) is 9.97 Å². The van der Waals surface area contributed by atoms with Crippen molar-refractivity contribution in [3.8, 4) is 0 Å². The lowest BCUT2D eigenvalue weighted by atomic mass is 10.1. The fourth-order valence-electron chi connectivity index (χ4n) is 2.40. The van der Waals surface area contributed by atoms with Crippen LogP contribution >= 0.6 is 0 Å². The maximum absolute atomic E-state index is 12.3. The summed E-state index contributed by atoms with van der Waals surface area (Å²) in [4.78, 5) is 20.6. The first-order valence-electron chi connectivity index (χ1n) is 7.38. The van der Waals surface area contributed by atoms with E-state index < -0.39 is 0 Å². The molecule has 118 valence electrons. The molecule has 1 N–H and O–H groups in total. The zero-order chi connectivity index (χ0) is 16.1. The van der Waals surface area contributed by atoms with E-state index in [1.165, 1.54) is 6.33 Å². The molecule has 0 spiro atoms. The molecule has 2 aromatic heterocycles. The van der Waals surface area contributed by atoms with E-state index in [0.717, 1.165) is 11.4 Å². The topological polar surface area (TPSA) is 77.6 Å². The first-order valence-corrected chi connectivity index (χ1v) is 7.38. The van der Waals surface area contributed by atoms with E-state index in [4.69, 9.17) is 0 Å². The summed E-state index contributed by atoms with van der Waals surface area (Å²) in [5, 5.41) is 7.05.